The van der Waals surface area contributed by atoms with Gasteiger partial charge in [-0.3, -0.25) is 4.79 Å². The number of carbonyl (C=O) groups is 1. The molecule has 1 unspecified atom stereocenters. The largest absolute Gasteiger partial charge is 0.396 e. The molecule has 1 heterocycles. The number of aliphatic hydroxyl groups is 1. The van der Waals surface area contributed by atoms with Crippen molar-refractivity contribution in [1.29, 1.82) is 0 Å². The van der Waals surface area contributed by atoms with Crippen molar-refractivity contribution in [2.45, 2.75) is 45.7 Å². The van der Waals surface area contributed by atoms with Gasteiger partial charge in [-0.1, -0.05) is 0 Å². The Morgan fingerprint density at radius 1 is 1.50 bits per heavy atom. The lowest BCUT2D eigenvalue weighted by atomic mass is 10.2. The monoisotopic (exact) mass is 316 g/mol. The van der Waals surface area contributed by atoms with E-state index in [0.717, 1.165) is 10.9 Å². The van der Waals surface area contributed by atoms with Gasteiger partial charge in [-0.15, -0.1) is 0 Å². The summed E-state index contributed by atoms with van der Waals surface area (Å²) in [5.74, 6) is -0.0696. The van der Waals surface area contributed by atoms with Crippen molar-refractivity contribution in [3.05, 3.63) is 22.4 Å². The third kappa shape index (κ3) is 4.14. The third-order valence-corrected chi connectivity index (χ3v) is 3.21. The highest BCUT2D eigenvalue weighted by molar-refractivity contribution is 9.10. The van der Waals surface area contributed by atoms with Gasteiger partial charge in [0, 0.05) is 29.4 Å². The molecule has 0 aliphatic heterocycles. The van der Waals surface area contributed by atoms with Gasteiger partial charge in [0.1, 0.15) is 5.69 Å². The second-order valence-electron chi connectivity index (χ2n) is 4.78. The number of aromatic nitrogens is 1. The first-order valence-corrected chi connectivity index (χ1v) is 7.04. The number of hydrogen-bond acceptors (Lipinski definition) is 2. The molecular weight excluding hydrogens is 296 g/mol. The van der Waals surface area contributed by atoms with E-state index in [2.05, 4.69) is 21.2 Å². The smallest absolute Gasteiger partial charge is 0.268 e. The molecule has 0 aliphatic carbocycles. The van der Waals surface area contributed by atoms with Crippen LogP contribution < -0.4 is 5.32 Å². The quantitative estimate of drug-likeness (QED) is 0.847. The molecule has 0 aromatic carbocycles. The van der Waals surface area contributed by atoms with Crippen LogP contribution in [0.5, 0.6) is 0 Å². The van der Waals surface area contributed by atoms with Crippen LogP contribution >= 0.6 is 15.9 Å². The Morgan fingerprint density at radius 3 is 2.72 bits per heavy atom. The molecule has 1 amide bonds. The van der Waals surface area contributed by atoms with Crippen molar-refractivity contribution >= 4 is 21.8 Å². The summed E-state index contributed by atoms with van der Waals surface area (Å²) in [6.07, 6.45) is 3.40. The molecule has 0 spiro atoms. The first-order valence-electron chi connectivity index (χ1n) is 6.24. The minimum Gasteiger partial charge on any atom is -0.396 e. The summed E-state index contributed by atoms with van der Waals surface area (Å²) in [6, 6.07) is 2.14. The van der Waals surface area contributed by atoms with Crippen LogP contribution in [0.1, 0.15) is 50.1 Å². The van der Waals surface area contributed by atoms with Crippen molar-refractivity contribution in [1.82, 2.24) is 9.88 Å². The molecule has 0 aliphatic rings. The van der Waals surface area contributed by atoms with Gasteiger partial charge in [0.15, 0.2) is 0 Å². The van der Waals surface area contributed by atoms with Crippen LogP contribution in [-0.2, 0) is 0 Å². The van der Waals surface area contributed by atoms with Crippen LogP contribution in [0.3, 0.4) is 0 Å². The highest BCUT2D eigenvalue weighted by Gasteiger charge is 2.16. The zero-order chi connectivity index (χ0) is 13.7. The van der Waals surface area contributed by atoms with Crippen molar-refractivity contribution in [3.8, 4) is 0 Å². The zero-order valence-electron chi connectivity index (χ0n) is 11.1. The fraction of sp³-hybridized carbons (Fsp3) is 0.615. The minimum absolute atomic E-state index is 0.0685. The highest BCUT2D eigenvalue weighted by atomic mass is 79.9. The van der Waals surface area contributed by atoms with Gasteiger partial charge >= 0.3 is 0 Å². The van der Waals surface area contributed by atoms with Crippen molar-refractivity contribution < 1.29 is 9.90 Å². The van der Waals surface area contributed by atoms with Crippen LogP contribution in [0.4, 0.5) is 0 Å². The summed E-state index contributed by atoms with van der Waals surface area (Å²) < 4.78 is 2.85. The number of nitrogens with zero attached hydrogens (tertiary/aromatic N) is 1. The molecule has 1 aromatic rings. The maximum absolute atomic E-state index is 12.1. The van der Waals surface area contributed by atoms with E-state index in [-0.39, 0.29) is 24.6 Å². The van der Waals surface area contributed by atoms with E-state index in [9.17, 15) is 4.79 Å². The molecule has 0 fully saturated rings. The summed E-state index contributed by atoms with van der Waals surface area (Å²) in [7, 11) is 0. The van der Waals surface area contributed by atoms with E-state index < -0.39 is 0 Å². The Kier molecular flexibility index (Phi) is 5.88. The number of aliphatic hydroxyl groups excluding tert-OH is 1. The molecule has 0 bridgehead atoms. The second kappa shape index (κ2) is 6.95. The Bertz CT molecular complexity index is 402. The topological polar surface area (TPSA) is 54.3 Å². The van der Waals surface area contributed by atoms with Gasteiger partial charge in [0.25, 0.3) is 5.91 Å². The van der Waals surface area contributed by atoms with E-state index in [0.29, 0.717) is 12.1 Å². The Hall–Kier alpha value is -0.810. The van der Waals surface area contributed by atoms with Crippen molar-refractivity contribution in [3.63, 3.8) is 0 Å². The lowest BCUT2D eigenvalue weighted by Crippen LogP contribution is -2.34. The predicted octanol–water partition coefficient (Wildman–Crippen LogP) is 2.72. The summed E-state index contributed by atoms with van der Waals surface area (Å²) in [4.78, 5) is 12.1. The average Bonchev–Trinajstić information content (AvgIpc) is 2.69. The third-order valence-electron chi connectivity index (χ3n) is 2.78. The number of hydrogen-bond donors (Lipinski definition) is 2. The normalized spacial score (nSPS) is 12.8. The van der Waals surface area contributed by atoms with Crippen LogP contribution in [0.25, 0.3) is 0 Å². The lowest BCUT2D eigenvalue weighted by Gasteiger charge is -2.16. The fourth-order valence-corrected chi connectivity index (χ4v) is 2.26. The van der Waals surface area contributed by atoms with E-state index in [1.807, 2.05) is 37.6 Å². The molecule has 1 atom stereocenters. The van der Waals surface area contributed by atoms with Crippen molar-refractivity contribution in [2.24, 2.45) is 0 Å². The van der Waals surface area contributed by atoms with E-state index in [1.165, 1.54) is 0 Å². The Labute approximate surface area is 117 Å². The molecule has 1 aromatic heterocycles. The molecule has 5 heteroatoms. The first-order chi connectivity index (χ1) is 8.45. The molecule has 2 N–H and O–H groups in total. The van der Waals surface area contributed by atoms with Gasteiger partial charge in [-0.25, -0.2) is 0 Å². The highest BCUT2D eigenvalue weighted by Crippen LogP contribution is 2.19. The molecule has 1 rings (SSSR count). The molecule has 102 valence electrons. The molecular formula is C13H21BrN2O2. The summed E-state index contributed by atoms with van der Waals surface area (Å²) in [6.45, 7) is 6.19. The zero-order valence-corrected chi connectivity index (χ0v) is 12.7. The van der Waals surface area contributed by atoms with Crippen molar-refractivity contribution in [2.75, 3.05) is 6.61 Å². The fourth-order valence-electron chi connectivity index (χ4n) is 1.82. The maximum atomic E-state index is 12.1. The van der Waals surface area contributed by atoms with Gasteiger partial charge in [-0.2, -0.15) is 0 Å². The lowest BCUT2D eigenvalue weighted by molar-refractivity contribution is 0.0925. The van der Waals surface area contributed by atoms with Crippen LogP contribution in [-0.4, -0.2) is 28.2 Å². The average molecular weight is 317 g/mol. The van der Waals surface area contributed by atoms with Crippen LogP contribution in [0, 0.1) is 0 Å². The number of carbonyl (C=O) groups excluding carboxylic acids is 1. The minimum atomic E-state index is -0.0696. The second-order valence-corrected chi connectivity index (χ2v) is 5.70. The SMILES string of the molecule is CC(CCCO)NC(=O)c1cc(Br)cn1C(C)C. The molecule has 0 saturated carbocycles. The number of rotatable bonds is 6. The summed E-state index contributed by atoms with van der Waals surface area (Å²) in [5.41, 5.74) is 0.660. The predicted molar refractivity (Wildman–Crippen MR) is 75.8 cm³/mol. The van der Waals surface area contributed by atoms with Gasteiger partial charge in [-0.05, 0) is 55.6 Å². The van der Waals surface area contributed by atoms with E-state index in [1.54, 1.807) is 0 Å². The Balaban J connectivity index is 2.72. The molecule has 4 nitrogen and oxygen atoms in total. The van der Waals surface area contributed by atoms with Gasteiger partial charge in [0.05, 0.1) is 0 Å². The number of nitrogens with one attached hydrogen (secondary N) is 1. The Morgan fingerprint density at radius 2 is 2.17 bits per heavy atom. The molecule has 0 saturated heterocycles. The number of amides is 1. The van der Waals surface area contributed by atoms with E-state index >= 15 is 0 Å². The molecule has 0 radical (unpaired) electrons. The summed E-state index contributed by atoms with van der Waals surface area (Å²) in [5, 5.41) is 11.7. The van der Waals surface area contributed by atoms with Gasteiger partial charge < -0.3 is 15.0 Å². The van der Waals surface area contributed by atoms with Crippen LogP contribution in [0.2, 0.25) is 0 Å². The standard InChI is InChI=1S/C13H21BrN2O2/c1-9(2)16-8-11(14)7-12(16)13(18)15-10(3)5-4-6-17/h7-10,17H,4-6H2,1-3H3,(H,15,18). The van der Waals surface area contributed by atoms with Gasteiger partial charge in [0.2, 0.25) is 0 Å². The molecule has 18 heavy (non-hydrogen) atoms. The first kappa shape index (κ1) is 15.2. The van der Waals surface area contributed by atoms with Crippen LogP contribution in [0.15, 0.2) is 16.7 Å². The summed E-state index contributed by atoms with van der Waals surface area (Å²) >= 11 is 3.39. The van der Waals surface area contributed by atoms with E-state index in [4.69, 9.17) is 5.11 Å². The maximum Gasteiger partial charge on any atom is 0.268 e. The number of halogens is 1.